The molecule has 19 heavy (non-hydrogen) atoms. The van der Waals surface area contributed by atoms with Crippen molar-refractivity contribution < 1.29 is 14.6 Å². The Bertz CT molecular complexity index is 427. The van der Waals surface area contributed by atoms with Crippen LogP contribution in [0.4, 0.5) is 0 Å². The van der Waals surface area contributed by atoms with Crippen LogP contribution in [0.3, 0.4) is 0 Å². The SMILES string of the molecule is NC(CCC(=O)O)c1cccc(C2CCOCC2)c1. The van der Waals surface area contributed by atoms with E-state index in [1.165, 1.54) is 5.56 Å². The minimum Gasteiger partial charge on any atom is -0.481 e. The molecule has 1 aromatic rings. The van der Waals surface area contributed by atoms with Crippen molar-refractivity contribution in [3.63, 3.8) is 0 Å². The number of aliphatic carboxylic acids is 1. The van der Waals surface area contributed by atoms with Gasteiger partial charge in [-0.05, 0) is 36.3 Å². The highest BCUT2D eigenvalue weighted by molar-refractivity contribution is 5.66. The molecule has 0 bridgehead atoms. The van der Waals surface area contributed by atoms with Gasteiger partial charge in [-0.1, -0.05) is 24.3 Å². The molecule has 0 aromatic heterocycles. The van der Waals surface area contributed by atoms with Crippen LogP contribution < -0.4 is 5.73 Å². The zero-order valence-electron chi connectivity index (χ0n) is 11.0. The van der Waals surface area contributed by atoms with Crippen molar-refractivity contribution in [2.45, 2.75) is 37.6 Å². The maximum atomic E-state index is 10.6. The van der Waals surface area contributed by atoms with Crippen LogP contribution in [0.15, 0.2) is 24.3 Å². The van der Waals surface area contributed by atoms with E-state index < -0.39 is 5.97 Å². The fraction of sp³-hybridized carbons (Fsp3) is 0.533. The molecular weight excluding hydrogens is 242 g/mol. The van der Waals surface area contributed by atoms with Crippen LogP contribution >= 0.6 is 0 Å². The summed E-state index contributed by atoms with van der Waals surface area (Å²) in [5.41, 5.74) is 8.38. The van der Waals surface area contributed by atoms with Gasteiger partial charge in [0.25, 0.3) is 0 Å². The quantitative estimate of drug-likeness (QED) is 0.855. The van der Waals surface area contributed by atoms with E-state index in [0.29, 0.717) is 12.3 Å². The molecule has 0 saturated carbocycles. The smallest absolute Gasteiger partial charge is 0.303 e. The number of hydrogen-bond donors (Lipinski definition) is 2. The summed E-state index contributed by atoms with van der Waals surface area (Å²) in [6, 6.07) is 8.05. The molecule has 4 nitrogen and oxygen atoms in total. The van der Waals surface area contributed by atoms with Gasteiger partial charge in [0.15, 0.2) is 0 Å². The maximum Gasteiger partial charge on any atom is 0.303 e. The van der Waals surface area contributed by atoms with E-state index in [-0.39, 0.29) is 12.5 Å². The van der Waals surface area contributed by atoms with Gasteiger partial charge < -0.3 is 15.6 Å². The third-order valence-corrected chi connectivity index (χ3v) is 3.70. The lowest BCUT2D eigenvalue weighted by molar-refractivity contribution is -0.137. The van der Waals surface area contributed by atoms with Gasteiger partial charge in [0, 0.05) is 25.7 Å². The predicted octanol–water partition coefficient (Wildman–Crippen LogP) is 2.45. The van der Waals surface area contributed by atoms with Crippen molar-refractivity contribution in [1.29, 1.82) is 0 Å². The van der Waals surface area contributed by atoms with Gasteiger partial charge in [0.05, 0.1) is 0 Å². The van der Waals surface area contributed by atoms with Crippen LogP contribution in [0, 0.1) is 0 Å². The van der Waals surface area contributed by atoms with Gasteiger partial charge in [-0.25, -0.2) is 0 Å². The number of carboxylic acid groups (broad SMARTS) is 1. The van der Waals surface area contributed by atoms with E-state index in [2.05, 4.69) is 12.1 Å². The lowest BCUT2D eigenvalue weighted by Gasteiger charge is -2.23. The predicted molar refractivity (Wildman–Crippen MR) is 73.0 cm³/mol. The highest BCUT2D eigenvalue weighted by Gasteiger charge is 2.17. The largest absolute Gasteiger partial charge is 0.481 e. The molecule has 0 amide bonds. The molecule has 0 radical (unpaired) electrons. The number of nitrogens with two attached hydrogens (primary N) is 1. The van der Waals surface area contributed by atoms with Crippen LogP contribution in [0.25, 0.3) is 0 Å². The summed E-state index contributed by atoms with van der Waals surface area (Å²) in [5, 5.41) is 8.70. The van der Waals surface area contributed by atoms with Crippen molar-refractivity contribution in [2.75, 3.05) is 13.2 Å². The normalized spacial score (nSPS) is 18.2. The van der Waals surface area contributed by atoms with E-state index in [1.54, 1.807) is 0 Å². The van der Waals surface area contributed by atoms with Gasteiger partial charge in [0.1, 0.15) is 0 Å². The van der Waals surface area contributed by atoms with Gasteiger partial charge in [0.2, 0.25) is 0 Å². The molecule has 1 aliphatic rings. The van der Waals surface area contributed by atoms with Gasteiger partial charge in [-0.15, -0.1) is 0 Å². The van der Waals surface area contributed by atoms with Crippen LogP contribution in [0.1, 0.15) is 48.8 Å². The number of rotatable bonds is 5. The Morgan fingerprint density at radius 2 is 2.16 bits per heavy atom. The summed E-state index contributed by atoms with van der Waals surface area (Å²) in [4.78, 5) is 10.6. The van der Waals surface area contributed by atoms with Crippen LogP contribution in [0.2, 0.25) is 0 Å². The minimum atomic E-state index is -0.795. The zero-order valence-corrected chi connectivity index (χ0v) is 11.0. The molecule has 1 heterocycles. The summed E-state index contributed by atoms with van der Waals surface area (Å²) in [5.74, 6) is -0.253. The number of ether oxygens (including phenoxy) is 1. The Morgan fingerprint density at radius 1 is 1.42 bits per heavy atom. The van der Waals surface area contributed by atoms with Gasteiger partial charge in [-0.3, -0.25) is 4.79 Å². The average molecular weight is 263 g/mol. The van der Waals surface area contributed by atoms with Gasteiger partial charge in [-0.2, -0.15) is 0 Å². The summed E-state index contributed by atoms with van der Waals surface area (Å²) < 4.78 is 5.37. The second-order valence-corrected chi connectivity index (χ2v) is 5.10. The van der Waals surface area contributed by atoms with E-state index in [0.717, 1.165) is 31.6 Å². The van der Waals surface area contributed by atoms with E-state index >= 15 is 0 Å². The van der Waals surface area contributed by atoms with Crippen molar-refractivity contribution in [1.82, 2.24) is 0 Å². The van der Waals surface area contributed by atoms with Crippen molar-refractivity contribution in [3.8, 4) is 0 Å². The summed E-state index contributed by atoms with van der Waals surface area (Å²) >= 11 is 0. The lowest BCUT2D eigenvalue weighted by Crippen LogP contribution is -2.16. The lowest BCUT2D eigenvalue weighted by atomic mass is 9.89. The molecule has 4 heteroatoms. The monoisotopic (exact) mass is 263 g/mol. The first-order valence-corrected chi connectivity index (χ1v) is 6.82. The van der Waals surface area contributed by atoms with Gasteiger partial charge >= 0.3 is 5.97 Å². The van der Waals surface area contributed by atoms with Crippen LogP contribution in [0.5, 0.6) is 0 Å². The molecule has 104 valence electrons. The highest BCUT2D eigenvalue weighted by Crippen LogP contribution is 2.28. The molecule has 3 N–H and O–H groups in total. The third kappa shape index (κ3) is 4.04. The number of benzene rings is 1. The summed E-state index contributed by atoms with van der Waals surface area (Å²) in [7, 11) is 0. The van der Waals surface area contributed by atoms with Crippen LogP contribution in [-0.2, 0) is 9.53 Å². The molecule has 1 unspecified atom stereocenters. The molecule has 0 spiro atoms. The Hall–Kier alpha value is -1.39. The Balaban J connectivity index is 2.03. The van der Waals surface area contributed by atoms with E-state index in [1.807, 2.05) is 12.1 Å². The first kappa shape index (κ1) is 14.0. The molecule has 2 rings (SSSR count). The Morgan fingerprint density at radius 3 is 2.84 bits per heavy atom. The molecule has 1 atom stereocenters. The van der Waals surface area contributed by atoms with Crippen molar-refractivity contribution >= 4 is 5.97 Å². The maximum absolute atomic E-state index is 10.6. The summed E-state index contributed by atoms with van der Waals surface area (Å²) in [6.45, 7) is 1.64. The zero-order chi connectivity index (χ0) is 13.7. The molecule has 1 aliphatic heterocycles. The number of carboxylic acids is 1. The minimum absolute atomic E-state index is 0.114. The Labute approximate surface area is 113 Å². The number of hydrogen-bond acceptors (Lipinski definition) is 3. The first-order chi connectivity index (χ1) is 9.16. The molecular formula is C15H21NO3. The highest BCUT2D eigenvalue weighted by atomic mass is 16.5. The van der Waals surface area contributed by atoms with Crippen molar-refractivity contribution in [2.24, 2.45) is 5.73 Å². The molecule has 1 fully saturated rings. The first-order valence-electron chi connectivity index (χ1n) is 6.82. The second-order valence-electron chi connectivity index (χ2n) is 5.10. The second kappa shape index (κ2) is 6.68. The fourth-order valence-electron chi connectivity index (χ4n) is 2.52. The standard InChI is InChI=1S/C15H21NO3/c16-14(4-5-15(17)18)13-3-1-2-12(10-13)11-6-8-19-9-7-11/h1-3,10-11,14H,4-9,16H2,(H,17,18). The molecule has 1 aromatic carbocycles. The molecule has 0 aliphatic carbocycles. The third-order valence-electron chi connectivity index (χ3n) is 3.70. The van der Waals surface area contributed by atoms with Crippen LogP contribution in [-0.4, -0.2) is 24.3 Å². The average Bonchev–Trinajstić information content (AvgIpc) is 2.46. The number of carbonyl (C=O) groups is 1. The van der Waals surface area contributed by atoms with E-state index in [9.17, 15) is 4.79 Å². The van der Waals surface area contributed by atoms with Crippen molar-refractivity contribution in [3.05, 3.63) is 35.4 Å². The summed E-state index contributed by atoms with van der Waals surface area (Å²) in [6.07, 6.45) is 2.69. The Kier molecular flexibility index (Phi) is 4.93. The fourth-order valence-corrected chi connectivity index (χ4v) is 2.52. The van der Waals surface area contributed by atoms with E-state index in [4.69, 9.17) is 15.6 Å². The molecule has 1 saturated heterocycles. The topological polar surface area (TPSA) is 72.6 Å².